The lowest BCUT2D eigenvalue weighted by atomic mass is 10.2. The fourth-order valence-corrected chi connectivity index (χ4v) is 4.17. The SMILES string of the molecule is CC(C)Cn1cc(S(=O)(=O)Nc2ccc(F)cc2Cl)c2cccnc21. The topological polar surface area (TPSA) is 64.0 Å². The Morgan fingerprint density at radius 2 is 2.08 bits per heavy atom. The van der Waals surface area contributed by atoms with Gasteiger partial charge in [0.05, 0.1) is 10.7 Å². The number of halogens is 2. The molecule has 25 heavy (non-hydrogen) atoms. The van der Waals surface area contributed by atoms with Crippen LogP contribution >= 0.6 is 11.6 Å². The molecule has 2 heterocycles. The van der Waals surface area contributed by atoms with Crippen molar-refractivity contribution in [2.24, 2.45) is 5.92 Å². The van der Waals surface area contributed by atoms with Crippen molar-refractivity contribution in [3.05, 3.63) is 53.6 Å². The maximum Gasteiger partial charge on any atom is 0.264 e. The number of benzene rings is 1. The van der Waals surface area contributed by atoms with Gasteiger partial charge in [-0.05, 0) is 36.2 Å². The third kappa shape index (κ3) is 3.62. The highest BCUT2D eigenvalue weighted by atomic mass is 35.5. The summed E-state index contributed by atoms with van der Waals surface area (Å²) in [7, 11) is -3.91. The molecule has 0 aliphatic carbocycles. The molecule has 0 aliphatic heterocycles. The summed E-state index contributed by atoms with van der Waals surface area (Å²) in [6, 6.07) is 6.89. The summed E-state index contributed by atoms with van der Waals surface area (Å²) in [4.78, 5) is 4.41. The molecule has 0 aliphatic rings. The Bertz CT molecular complexity index is 1030. The average molecular weight is 382 g/mol. The summed E-state index contributed by atoms with van der Waals surface area (Å²) in [6.45, 7) is 4.72. The van der Waals surface area contributed by atoms with E-state index in [9.17, 15) is 12.8 Å². The van der Waals surface area contributed by atoms with Crippen LogP contribution in [0.3, 0.4) is 0 Å². The molecule has 0 saturated heterocycles. The fourth-order valence-electron chi connectivity index (χ4n) is 2.61. The van der Waals surface area contributed by atoms with Crippen LogP contribution in [-0.4, -0.2) is 18.0 Å². The normalized spacial score (nSPS) is 12.0. The molecular weight excluding hydrogens is 365 g/mol. The predicted molar refractivity (Wildman–Crippen MR) is 96.8 cm³/mol. The van der Waals surface area contributed by atoms with Gasteiger partial charge in [-0.2, -0.15) is 0 Å². The Morgan fingerprint density at radius 3 is 2.76 bits per heavy atom. The maximum atomic E-state index is 13.2. The number of anilines is 1. The molecule has 8 heteroatoms. The summed E-state index contributed by atoms with van der Waals surface area (Å²) in [6.07, 6.45) is 3.19. The quantitative estimate of drug-likeness (QED) is 0.717. The van der Waals surface area contributed by atoms with Crippen LogP contribution in [-0.2, 0) is 16.6 Å². The van der Waals surface area contributed by atoms with Crippen molar-refractivity contribution >= 4 is 38.3 Å². The lowest BCUT2D eigenvalue weighted by molar-refractivity contribution is 0.530. The van der Waals surface area contributed by atoms with Gasteiger partial charge >= 0.3 is 0 Å². The van der Waals surface area contributed by atoms with E-state index < -0.39 is 15.8 Å². The number of pyridine rings is 1. The number of nitrogens with one attached hydrogen (secondary N) is 1. The van der Waals surface area contributed by atoms with Gasteiger partial charge in [-0.15, -0.1) is 0 Å². The van der Waals surface area contributed by atoms with E-state index in [1.165, 1.54) is 6.07 Å². The van der Waals surface area contributed by atoms with Gasteiger partial charge in [-0.3, -0.25) is 4.72 Å². The maximum absolute atomic E-state index is 13.2. The van der Waals surface area contributed by atoms with E-state index in [4.69, 9.17) is 11.6 Å². The van der Waals surface area contributed by atoms with E-state index in [0.29, 0.717) is 23.5 Å². The zero-order valence-electron chi connectivity index (χ0n) is 13.7. The molecule has 3 rings (SSSR count). The molecule has 0 atom stereocenters. The Balaban J connectivity index is 2.08. The number of rotatable bonds is 5. The van der Waals surface area contributed by atoms with Crippen LogP contribution in [0.25, 0.3) is 11.0 Å². The number of sulfonamides is 1. The van der Waals surface area contributed by atoms with E-state index in [1.54, 1.807) is 24.5 Å². The Morgan fingerprint density at radius 1 is 1.32 bits per heavy atom. The van der Waals surface area contributed by atoms with E-state index >= 15 is 0 Å². The number of hydrogen-bond acceptors (Lipinski definition) is 3. The van der Waals surface area contributed by atoms with Crippen LogP contribution in [0.4, 0.5) is 10.1 Å². The third-order valence-corrected chi connectivity index (χ3v) is 5.33. The second kappa shape index (κ2) is 6.65. The third-order valence-electron chi connectivity index (χ3n) is 3.62. The summed E-state index contributed by atoms with van der Waals surface area (Å²) in [5.74, 6) is -0.210. The second-order valence-electron chi connectivity index (χ2n) is 6.14. The molecule has 1 aromatic carbocycles. The molecule has 0 bridgehead atoms. The molecule has 0 saturated carbocycles. The van der Waals surface area contributed by atoms with Gasteiger partial charge in [0, 0.05) is 24.3 Å². The Labute approximate surface area is 150 Å². The first-order valence-corrected chi connectivity index (χ1v) is 9.56. The van der Waals surface area contributed by atoms with Gasteiger partial charge in [0.1, 0.15) is 16.4 Å². The molecule has 0 fully saturated rings. The van der Waals surface area contributed by atoms with Crippen molar-refractivity contribution in [2.45, 2.75) is 25.3 Å². The van der Waals surface area contributed by atoms with Crippen LogP contribution in [0.15, 0.2) is 47.6 Å². The zero-order chi connectivity index (χ0) is 18.2. The molecule has 0 amide bonds. The fraction of sp³-hybridized carbons (Fsp3) is 0.235. The molecule has 1 N–H and O–H groups in total. The molecular formula is C17H17ClFN3O2S. The second-order valence-corrected chi connectivity index (χ2v) is 8.20. The standard InChI is InChI=1S/C17H17ClFN3O2S/c1-11(2)9-22-10-16(13-4-3-7-20-17(13)22)25(23,24)21-15-6-5-12(19)8-14(15)18/h3-8,10-11,21H,9H2,1-2H3. The Hall–Kier alpha value is -2.12. The van der Waals surface area contributed by atoms with Crippen LogP contribution in [0.2, 0.25) is 5.02 Å². The first kappa shape index (κ1) is 17.7. The minimum atomic E-state index is -3.91. The number of nitrogens with zero attached hydrogens (tertiary/aromatic N) is 2. The molecule has 0 unspecified atom stereocenters. The largest absolute Gasteiger partial charge is 0.331 e. The summed E-state index contributed by atoms with van der Waals surface area (Å²) < 4.78 is 43.1. The van der Waals surface area contributed by atoms with E-state index in [0.717, 1.165) is 12.1 Å². The lowest BCUT2D eigenvalue weighted by Gasteiger charge is -2.09. The highest BCUT2D eigenvalue weighted by Gasteiger charge is 2.23. The highest BCUT2D eigenvalue weighted by molar-refractivity contribution is 7.93. The van der Waals surface area contributed by atoms with Gasteiger partial charge in [0.2, 0.25) is 0 Å². The van der Waals surface area contributed by atoms with E-state index in [-0.39, 0.29) is 15.6 Å². The zero-order valence-corrected chi connectivity index (χ0v) is 15.3. The van der Waals surface area contributed by atoms with Crippen molar-refractivity contribution in [1.29, 1.82) is 0 Å². The molecule has 2 aromatic heterocycles. The van der Waals surface area contributed by atoms with Gasteiger partial charge < -0.3 is 4.57 Å². The first-order chi connectivity index (χ1) is 11.8. The van der Waals surface area contributed by atoms with Crippen LogP contribution in [0, 0.1) is 11.7 Å². The van der Waals surface area contributed by atoms with Crippen molar-refractivity contribution < 1.29 is 12.8 Å². The summed E-state index contributed by atoms with van der Waals surface area (Å²) in [5, 5.41) is 0.515. The van der Waals surface area contributed by atoms with Gasteiger partial charge in [0.25, 0.3) is 10.0 Å². The molecule has 5 nitrogen and oxygen atoms in total. The van der Waals surface area contributed by atoms with Gasteiger partial charge in [-0.25, -0.2) is 17.8 Å². The molecule has 3 aromatic rings. The molecule has 132 valence electrons. The van der Waals surface area contributed by atoms with E-state index in [1.807, 2.05) is 18.4 Å². The molecule has 0 spiro atoms. The first-order valence-electron chi connectivity index (χ1n) is 7.69. The summed E-state index contributed by atoms with van der Waals surface area (Å²) >= 11 is 5.93. The minimum Gasteiger partial charge on any atom is -0.331 e. The van der Waals surface area contributed by atoms with Gasteiger partial charge in [-0.1, -0.05) is 25.4 Å². The van der Waals surface area contributed by atoms with Crippen LogP contribution in [0.1, 0.15) is 13.8 Å². The number of aromatic nitrogens is 2. The van der Waals surface area contributed by atoms with Crippen LogP contribution in [0.5, 0.6) is 0 Å². The predicted octanol–water partition coefficient (Wildman–Crippen LogP) is 4.29. The smallest absolute Gasteiger partial charge is 0.264 e. The van der Waals surface area contributed by atoms with Crippen molar-refractivity contribution in [3.63, 3.8) is 0 Å². The van der Waals surface area contributed by atoms with Crippen molar-refractivity contribution in [2.75, 3.05) is 4.72 Å². The summed E-state index contributed by atoms with van der Waals surface area (Å²) in [5.41, 5.74) is 0.721. The monoisotopic (exact) mass is 381 g/mol. The number of hydrogen-bond donors (Lipinski definition) is 1. The minimum absolute atomic E-state index is 0.00683. The van der Waals surface area contributed by atoms with Crippen molar-refractivity contribution in [3.8, 4) is 0 Å². The van der Waals surface area contributed by atoms with Crippen LogP contribution < -0.4 is 4.72 Å². The lowest BCUT2D eigenvalue weighted by Crippen LogP contribution is -2.13. The van der Waals surface area contributed by atoms with Gasteiger partial charge in [0.15, 0.2) is 0 Å². The number of fused-ring (bicyclic) bond motifs is 1. The molecule has 0 radical (unpaired) electrons. The van der Waals surface area contributed by atoms with Crippen molar-refractivity contribution in [1.82, 2.24) is 9.55 Å². The van der Waals surface area contributed by atoms with E-state index in [2.05, 4.69) is 9.71 Å². The average Bonchev–Trinajstić information content (AvgIpc) is 2.89. The Kier molecular flexibility index (Phi) is 4.71. The highest BCUT2D eigenvalue weighted by Crippen LogP contribution is 2.29.